The van der Waals surface area contributed by atoms with Gasteiger partial charge in [0.15, 0.2) is 5.75 Å². The lowest BCUT2D eigenvalue weighted by atomic mass is 10.1. The van der Waals surface area contributed by atoms with Crippen LogP contribution >= 0.6 is 34.5 Å². The van der Waals surface area contributed by atoms with E-state index < -0.39 is 6.10 Å². The summed E-state index contributed by atoms with van der Waals surface area (Å²) in [6.45, 7) is -0.108. The Bertz CT molecular complexity index is 1190. The van der Waals surface area contributed by atoms with Crippen LogP contribution < -0.4 is 10.3 Å². The lowest BCUT2D eigenvalue weighted by Gasteiger charge is -2.16. The molecule has 148 valence electrons. The van der Waals surface area contributed by atoms with Crippen molar-refractivity contribution < 1.29 is 9.84 Å². The van der Waals surface area contributed by atoms with E-state index in [0.717, 1.165) is 10.3 Å². The number of hydrogen-bond acceptors (Lipinski definition) is 5. The molecule has 1 unspecified atom stereocenters. The van der Waals surface area contributed by atoms with Crippen molar-refractivity contribution >= 4 is 45.3 Å². The normalized spacial score (nSPS) is 12.2. The second kappa shape index (κ2) is 8.55. The molecule has 4 aromatic rings. The summed E-state index contributed by atoms with van der Waals surface area (Å²) in [7, 11) is 0. The van der Waals surface area contributed by atoms with Gasteiger partial charge in [0.1, 0.15) is 18.4 Å². The molecule has 29 heavy (non-hydrogen) atoms. The van der Waals surface area contributed by atoms with Crippen LogP contribution in [0.1, 0.15) is 0 Å². The highest BCUT2D eigenvalue weighted by Gasteiger charge is 2.16. The van der Waals surface area contributed by atoms with Crippen LogP contribution in [-0.4, -0.2) is 27.6 Å². The van der Waals surface area contributed by atoms with E-state index in [1.54, 1.807) is 35.6 Å². The Labute approximate surface area is 180 Å². The lowest BCUT2D eigenvalue weighted by Crippen LogP contribution is -2.32. The molecule has 0 aliphatic carbocycles. The molecule has 5 nitrogen and oxygen atoms in total. The topological polar surface area (TPSA) is 64.4 Å². The van der Waals surface area contributed by atoms with Crippen molar-refractivity contribution in [1.29, 1.82) is 0 Å². The molecule has 0 aliphatic heterocycles. The summed E-state index contributed by atoms with van der Waals surface area (Å²) in [6.07, 6.45) is -0.982. The molecule has 1 atom stereocenters. The summed E-state index contributed by atoms with van der Waals surface area (Å²) in [5.41, 5.74) is 0.438. The van der Waals surface area contributed by atoms with E-state index >= 15 is 0 Å². The fraction of sp³-hybridized carbons (Fsp3) is 0.143. The van der Waals surface area contributed by atoms with Crippen molar-refractivity contribution in [3.8, 4) is 16.3 Å². The number of hydrogen-bond donors (Lipinski definition) is 1. The van der Waals surface area contributed by atoms with Crippen molar-refractivity contribution in [1.82, 2.24) is 9.78 Å². The number of aliphatic hydroxyl groups is 1. The first kappa shape index (κ1) is 19.9. The first-order valence-corrected chi connectivity index (χ1v) is 10.5. The van der Waals surface area contributed by atoms with Crippen LogP contribution in [0.3, 0.4) is 0 Å². The number of thiophene rings is 1. The molecule has 0 saturated carbocycles. The van der Waals surface area contributed by atoms with Crippen LogP contribution in [0, 0.1) is 0 Å². The number of aromatic nitrogens is 2. The zero-order valence-corrected chi connectivity index (χ0v) is 17.4. The third-order valence-corrected chi connectivity index (χ3v) is 5.82. The SMILES string of the molecule is O=c1c2ccccc2c(-c2cccs2)nn1CC(O)COc1c(Cl)cccc1Cl. The smallest absolute Gasteiger partial charge is 0.274 e. The Kier molecular flexibility index (Phi) is 5.87. The van der Waals surface area contributed by atoms with Crippen molar-refractivity contribution in [2.75, 3.05) is 6.61 Å². The van der Waals surface area contributed by atoms with Crippen molar-refractivity contribution in [3.05, 3.63) is 80.4 Å². The number of fused-ring (bicyclic) bond motifs is 1. The van der Waals surface area contributed by atoms with Gasteiger partial charge in [-0.05, 0) is 29.6 Å². The second-order valence-electron chi connectivity index (χ2n) is 6.37. The maximum Gasteiger partial charge on any atom is 0.274 e. The third kappa shape index (κ3) is 4.16. The fourth-order valence-corrected chi connectivity index (χ4v) is 4.24. The van der Waals surface area contributed by atoms with E-state index in [4.69, 9.17) is 27.9 Å². The van der Waals surface area contributed by atoms with Gasteiger partial charge in [-0.15, -0.1) is 11.3 Å². The van der Waals surface area contributed by atoms with Crippen molar-refractivity contribution in [2.24, 2.45) is 0 Å². The van der Waals surface area contributed by atoms with Gasteiger partial charge in [-0.3, -0.25) is 4.79 Å². The van der Waals surface area contributed by atoms with E-state index in [2.05, 4.69) is 5.10 Å². The molecule has 0 bridgehead atoms. The van der Waals surface area contributed by atoms with Gasteiger partial charge >= 0.3 is 0 Å². The van der Waals surface area contributed by atoms with Gasteiger partial charge in [0.2, 0.25) is 0 Å². The Morgan fingerprint density at radius 1 is 1.03 bits per heavy atom. The Hall–Kier alpha value is -2.38. The molecular formula is C21H16Cl2N2O3S. The molecule has 0 spiro atoms. The Morgan fingerprint density at radius 3 is 2.45 bits per heavy atom. The van der Waals surface area contributed by atoms with E-state index in [1.165, 1.54) is 4.68 Å². The zero-order valence-electron chi connectivity index (χ0n) is 15.1. The summed E-state index contributed by atoms with van der Waals surface area (Å²) in [5, 5.41) is 19.0. The largest absolute Gasteiger partial charge is 0.488 e. The Balaban J connectivity index is 1.62. The van der Waals surface area contributed by atoms with Crippen molar-refractivity contribution in [2.45, 2.75) is 12.6 Å². The highest BCUT2D eigenvalue weighted by molar-refractivity contribution is 7.13. The van der Waals surface area contributed by atoms with E-state index in [-0.39, 0.29) is 18.7 Å². The standard InChI is InChI=1S/C21H16Cl2N2O3S/c22-16-7-3-8-17(23)20(16)28-12-13(26)11-25-21(27)15-6-2-1-5-14(15)19(24-25)18-9-4-10-29-18/h1-10,13,26H,11-12H2. The summed E-state index contributed by atoms with van der Waals surface area (Å²) in [4.78, 5) is 13.8. The minimum Gasteiger partial charge on any atom is -0.488 e. The molecule has 1 N–H and O–H groups in total. The number of halogens is 2. The molecule has 0 aliphatic rings. The molecule has 0 radical (unpaired) electrons. The van der Waals surface area contributed by atoms with Gasteiger partial charge in [-0.2, -0.15) is 5.10 Å². The predicted octanol–water partition coefficient (Wildman–Crippen LogP) is 4.87. The minimum absolute atomic E-state index is 0.0237. The maximum absolute atomic E-state index is 12.9. The number of aliphatic hydroxyl groups excluding tert-OH is 1. The van der Waals surface area contributed by atoms with Crippen LogP contribution in [0.25, 0.3) is 21.3 Å². The van der Waals surface area contributed by atoms with Gasteiger partial charge in [0, 0.05) is 5.39 Å². The highest BCUT2D eigenvalue weighted by Crippen LogP contribution is 2.32. The predicted molar refractivity (Wildman–Crippen MR) is 117 cm³/mol. The van der Waals surface area contributed by atoms with Crippen molar-refractivity contribution in [3.63, 3.8) is 0 Å². The third-order valence-electron chi connectivity index (χ3n) is 4.34. The maximum atomic E-state index is 12.9. The van der Waals surface area contributed by atoms with E-state index in [1.807, 2.05) is 35.7 Å². The molecule has 0 saturated heterocycles. The van der Waals surface area contributed by atoms with Gasteiger partial charge in [-0.25, -0.2) is 4.68 Å². The number of ether oxygens (including phenoxy) is 1. The lowest BCUT2D eigenvalue weighted by molar-refractivity contribution is 0.0883. The number of nitrogens with zero attached hydrogens (tertiary/aromatic N) is 2. The van der Waals surface area contributed by atoms with Crippen LogP contribution in [0.15, 0.2) is 64.8 Å². The zero-order chi connectivity index (χ0) is 20.4. The average Bonchev–Trinajstić information content (AvgIpc) is 3.24. The van der Waals surface area contributed by atoms with Gasteiger partial charge in [0.05, 0.1) is 26.9 Å². The van der Waals surface area contributed by atoms with Crippen LogP contribution in [-0.2, 0) is 6.54 Å². The van der Waals surface area contributed by atoms with Gasteiger partial charge in [-0.1, -0.05) is 53.5 Å². The van der Waals surface area contributed by atoms with Gasteiger partial charge < -0.3 is 9.84 Å². The number of benzene rings is 2. The van der Waals surface area contributed by atoms with Crippen LogP contribution in [0.5, 0.6) is 5.75 Å². The van der Waals surface area contributed by atoms with Crippen LogP contribution in [0.2, 0.25) is 10.0 Å². The number of rotatable bonds is 6. The minimum atomic E-state index is -0.982. The molecular weight excluding hydrogens is 431 g/mol. The molecule has 2 aromatic heterocycles. The quantitative estimate of drug-likeness (QED) is 0.458. The Morgan fingerprint density at radius 2 is 1.76 bits per heavy atom. The highest BCUT2D eigenvalue weighted by atomic mass is 35.5. The summed E-state index contributed by atoms with van der Waals surface area (Å²) in [5.74, 6) is 0.299. The molecule has 0 amide bonds. The summed E-state index contributed by atoms with van der Waals surface area (Å²) >= 11 is 13.7. The number of para-hydroxylation sites is 1. The molecule has 4 rings (SSSR count). The van der Waals surface area contributed by atoms with E-state index in [0.29, 0.717) is 26.9 Å². The second-order valence-corrected chi connectivity index (χ2v) is 8.14. The van der Waals surface area contributed by atoms with Gasteiger partial charge in [0.25, 0.3) is 5.56 Å². The first-order chi connectivity index (χ1) is 14.0. The molecule has 2 heterocycles. The molecule has 0 fully saturated rings. The fourth-order valence-electron chi connectivity index (χ4n) is 3.01. The van der Waals surface area contributed by atoms with Crippen LogP contribution in [0.4, 0.5) is 0 Å². The van der Waals surface area contributed by atoms with E-state index in [9.17, 15) is 9.90 Å². The average molecular weight is 447 g/mol. The summed E-state index contributed by atoms with van der Waals surface area (Å²) in [6, 6.07) is 16.2. The molecule has 8 heteroatoms. The summed E-state index contributed by atoms with van der Waals surface area (Å²) < 4.78 is 6.85. The first-order valence-electron chi connectivity index (χ1n) is 8.83. The monoisotopic (exact) mass is 446 g/mol. The molecule has 2 aromatic carbocycles.